The number of hydrogen-bond donors (Lipinski definition) is 2. The van der Waals surface area contributed by atoms with Crippen molar-refractivity contribution < 1.29 is 15.0 Å². The van der Waals surface area contributed by atoms with Crippen LogP contribution in [0.5, 0.6) is 0 Å². The summed E-state index contributed by atoms with van der Waals surface area (Å²) >= 11 is 0. The highest BCUT2D eigenvalue weighted by Gasteiger charge is 2.15. The Kier molecular flexibility index (Phi) is 3.98. The smallest absolute Gasteiger partial charge is 0.185 e. The Bertz CT molecular complexity index is 448. The number of hydrogen-bond acceptors (Lipinski definition) is 4. The van der Waals surface area contributed by atoms with Crippen molar-refractivity contribution in [1.29, 1.82) is 0 Å². The van der Waals surface area contributed by atoms with Crippen LogP contribution < -0.4 is 5.43 Å². The van der Waals surface area contributed by atoms with Crippen LogP contribution in [0, 0.1) is 6.92 Å². The third-order valence-electron chi connectivity index (χ3n) is 2.36. The molecule has 1 aromatic heterocycles. The third kappa shape index (κ3) is 2.56. The van der Waals surface area contributed by atoms with Crippen LogP contribution in [0.1, 0.15) is 29.4 Å². The molecule has 0 saturated carbocycles. The van der Waals surface area contributed by atoms with Crippen molar-refractivity contribution >= 4 is 5.78 Å². The van der Waals surface area contributed by atoms with Gasteiger partial charge in [-0.15, -0.1) is 0 Å². The Balaban J connectivity index is 3.33. The minimum Gasteiger partial charge on any atom is -0.367 e. The molecule has 0 aliphatic heterocycles. The van der Waals surface area contributed by atoms with Crippen LogP contribution in [0.15, 0.2) is 17.1 Å². The van der Waals surface area contributed by atoms with Gasteiger partial charge in [0.05, 0.1) is 12.2 Å². The Morgan fingerprint density at radius 1 is 1.50 bits per heavy atom. The second-order valence-electron chi connectivity index (χ2n) is 3.56. The van der Waals surface area contributed by atoms with E-state index in [1.54, 1.807) is 13.8 Å². The van der Waals surface area contributed by atoms with Gasteiger partial charge in [0, 0.05) is 24.2 Å². The van der Waals surface area contributed by atoms with Crippen LogP contribution in [-0.4, -0.2) is 26.9 Å². The predicted molar refractivity (Wildman–Crippen MR) is 58.3 cm³/mol. The maximum atomic E-state index is 11.7. The Morgan fingerprint density at radius 2 is 2.12 bits per heavy atom. The summed E-state index contributed by atoms with van der Waals surface area (Å²) < 4.78 is 1.40. The summed E-state index contributed by atoms with van der Waals surface area (Å²) in [5, 5.41) is 17.8. The summed E-state index contributed by atoms with van der Waals surface area (Å²) in [7, 11) is 0. The molecule has 0 saturated heterocycles. The molecule has 1 heterocycles. The van der Waals surface area contributed by atoms with E-state index in [9.17, 15) is 9.59 Å². The fraction of sp³-hybridized carbons (Fsp3) is 0.455. The van der Waals surface area contributed by atoms with Crippen LogP contribution in [0.4, 0.5) is 0 Å². The normalized spacial score (nSPS) is 10.8. The molecular weight excluding hydrogens is 210 g/mol. The maximum Gasteiger partial charge on any atom is 0.185 e. The number of pyridine rings is 1. The van der Waals surface area contributed by atoms with Crippen LogP contribution in [0.3, 0.4) is 0 Å². The fourth-order valence-electron chi connectivity index (χ4n) is 1.55. The highest BCUT2D eigenvalue weighted by molar-refractivity contribution is 5.95. The van der Waals surface area contributed by atoms with Gasteiger partial charge in [-0.05, 0) is 6.92 Å². The van der Waals surface area contributed by atoms with Crippen molar-refractivity contribution in [3.63, 3.8) is 0 Å². The largest absolute Gasteiger partial charge is 0.367 e. The molecule has 0 aliphatic rings. The fourth-order valence-corrected chi connectivity index (χ4v) is 1.55. The zero-order valence-corrected chi connectivity index (χ0v) is 9.30. The quantitative estimate of drug-likeness (QED) is 0.561. The lowest BCUT2D eigenvalue weighted by atomic mass is 10.1. The highest BCUT2D eigenvalue weighted by atomic mass is 16.5. The van der Waals surface area contributed by atoms with Gasteiger partial charge in [-0.2, -0.15) is 0 Å². The molecular formula is C11H15NO4. The summed E-state index contributed by atoms with van der Waals surface area (Å²) in [6.45, 7) is 3.13. The molecule has 0 fully saturated rings. The van der Waals surface area contributed by atoms with Gasteiger partial charge in [0.2, 0.25) is 0 Å². The second kappa shape index (κ2) is 5.05. The number of nitrogens with zero attached hydrogens (tertiary/aromatic N) is 1. The standard InChI is InChI=1S/C11H15NO4/c1-3-8(13)11-7(2)9(14)4-5-12(11)6-10(15)16/h4-5,10,15-16H,3,6H2,1-2H3. The van der Waals surface area contributed by atoms with E-state index >= 15 is 0 Å². The predicted octanol–water partition coefficient (Wildman–Crippen LogP) is 0.0601. The van der Waals surface area contributed by atoms with E-state index in [0.29, 0.717) is 5.56 Å². The van der Waals surface area contributed by atoms with Gasteiger partial charge in [0.15, 0.2) is 17.5 Å². The summed E-state index contributed by atoms with van der Waals surface area (Å²) in [4.78, 5) is 23.1. The number of carbonyl (C=O) groups is 1. The monoisotopic (exact) mass is 225 g/mol. The minimum atomic E-state index is -1.55. The zero-order chi connectivity index (χ0) is 12.3. The first-order chi connectivity index (χ1) is 7.47. The van der Waals surface area contributed by atoms with Gasteiger partial charge in [-0.25, -0.2) is 0 Å². The van der Waals surface area contributed by atoms with Crippen molar-refractivity contribution in [2.75, 3.05) is 0 Å². The third-order valence-corrected chi connectivity index (χ3v) is 2.36. The van der Waals surface area contributed by atoms with Crippen LogP contribution in [0.25, 0.3) is 0 Å². The average Bonchev–Trinajstić information content (AvgIpc) is 2.22. The van der Waals surface area contributed by atoms with E-state index < -0.39 is 6.29 Å². The summed E-state index contributed by atoms with van der Waals surface area (Å²) in [6, 6.07) is 1.31. The SMILES string of the molecule is CCC(=O)c1c(C)c(=O)ccn1CC(O)O. The molecule has 16 heavy (non-hydrogen) atoms. The number of rotatable bonds is 4. The van der Waals surface area contributed by atoms with Gasteiger partial charge in [-0.1, -0.05) is 6.92 Å². The maximum absolute atomic E-state index is 11.7. The lowest BCUT2D eigenvalue weighted by Crippen LogP contribution is -2.24. The molecule has 2 N–H and O–H groups in total. The number of aromatic nitrogens is 1. The van der Waals surface area contributed by atoms with Crippen molar-refractivity contribution in [3.8, 4) is 0 Å². The van der Waals surface area contributed by atoms with Gasteiger partial charge in [0.25, 0.3) is 0 Å². The van der Waals surface area contributed by atoms with Crippen LogP contribution >= 0.6 is 0 Å². The van der Waals surface area contributed by atoms with Crippen LogP contribution in [0.2, 0.25) is 0 Å². The van der Waals surface area contributed by atoms with Crippen molar-refractivity contribution in [2.24, 2.45) is 0 Å². The van der Waals surface area contributed by atoms with E-state index in [1.807, 2.05) is 0 Å². The van der Waals surface area contributed by atoms with Gasteiger partial charge in [-0.3, -0.25) is 9.59 Å². The van der Waals surface area contributed by atoms with Crippen molar-refractivity contribution in [2.45, 2.75) is 33.1 Å². The first-order valence-electron chi connectivity index (χ1n) is 5.06. The van der Waals surface area contributed by atoms with Gasteiger partial charge < -0.3 is 14.8 Å². The Labute approximate surface area is 93.0 Å². The highest BCUT2D eigenvalue weighted by Crippen LogP contribution is 2.07. The zero-order valence-electron chi connectivity index (χ0n) is 9.30. The number of Topliss-reactive ketones (excluding diaryl/α,β-unsaturated/α-hetero) is 1. The molecule has 0 radical (unpaired) electrons. The van der Waals surface area contributed by atoms with E-state index in [1.165, 1.54) is 16.8 Å². The van der Waals surface area contributed by atoms with E-state index in [-0.39, 0.29) is 29.9 Å². The first-order valence-corrected chi connectivity index (χ1v) is 5.06. The topological polar surface area (TPSA) is 79.5 Å². The second-order valence-corrected chi connectivity index (χ2v) is 3.56. The van der Waals surface area contributed by atoms with Crippen molar-refractivity contribution in [3.05, 3.63) is 33.7 Å². The molecule has 0 unspecified atom stereocenters. The average molecular weight is 225 g/mol. The summed E-state index contributed by atoms with van der Waals surface area (Å²) in [6.07, 6.45) is 0.119. The van der Waals surface area contributed by atoms with E-state index in [2.05, 4.69) is 0 Å². The van der Waals surface area contributed by atoms with E-state index in [0.717, 1.165) is 0 Å². The van der Waals surface area contributed by atoms with Crippen LogP contribution in [-0.2, 0) is 6.54 Å². The molecule has 0 spiro atoms. The Morgan fingerprint density at radius 3 is 2.62 bits per heavy atom. The number of ketones is 1. The molecule has 5 heteroatoms. The van der Waals surface area contributed by atoms with Gasteiger partial charge in [0.1, 0.15) is 0 Å². The first kappa shape index (κ1) is 12.6. The number of aliphatic hydroxyl groups is 2. The molecule has 0 aromatic carbocycles. The molecule has 0 atom stereocenters. The molecule has 88 valence electrons. The number of carbonyl (C=O) groups excluding carboxylic acids is 1. The van der Waals surface area contributed by atoms with Gasteiger partial charge >= 0.3 is 0 Å². The molecule has 5 nitrogen and oxygen atoms in total. The summed E-state index contributed by atoms with van der Waals surface area (Å²) in [5.41, 5.74) is 0.374. The summed E-state index contributed by atoms with van der Waals surface area (Å²) in [5.74, 6) is -0.184. The lowest BCUT2D eigenvalue weighted by molar-refractivity contribution is -0.0516. The van der Waals surface area contributed by atoms with Crippen molar-refractivity contribution in [1.82, 2.24) is 4.57 Å². The molecule has 0 bridgehead atoms. The molecule has 0 amide bonds. The Hall–Kier alpha value is -1.46. The lowest BCUT2D eigenvalue weighted by Gasteiger charge is -2.14. The molecule has 1 aromatic rings. The minimum absolute atomic E-state index is 0.123. The molecule has 0 aliphatic carbocycles. The van der Waals surface area contributed by atoms with E-state index in [4.69, 9.17) is 10.2 Å². The molecule has 1 rings (SSSR count). The number of aliphatic hydroxyl groups excluding tert-OH is 1.